The Bertz CT molecular complexity index is 852. The van der Waals surface area contributed by atoms with Gasteiger partial charge in [-0.2, -0.15) is 0 Å². The van der Waals surface area contributed by atoms with Crippen molar-refractivity contribution in [1.82, 2.24) is 19.9 Å². The molecule has 0 fully saturated rings. The summed E-state index contributed by atoms with van der Waals surface area (Å²) in [5.74, 6) is 2.74. The number of nitrogens with zero attached hydrogens (tertiary/aromatic N) is 3. The van der Waals surface area contributed by atoms with Crippen LogP contribution >= 0.6 is 0 Å². The quantitative estimate of drug-likeness (QED) is 0.670. The number of hydrogen-bond donors (Lipinski definition) is 3. The molecule has 2 heterocycles. The summed E-state index contributed by atoms with van der Waals surface area (Å²) < 4.78 is 0. The number of imidazole rings is 1. The Morgan fingerprint density at radius 2 is 1.92 bits per heavy atom. The number of H-pyrrole nitrogens is 1. The minimum atomic E-state index is 0.0256. The smallest absolute Gasteiger partial charge is 0.130 e. The van der Waals surface area contributed by atoms with Gasteiger partial charge in [-0.3, -0.25) is 0 Å². The monoisotopic (exact) mass is 324 g/mol. The van der Waals surface area contributed by atoms with Crippen LogP contribution in [0.15, 0.2) is 24.3 Å². The van der Waals surface area contributed by atoms with Crippen LogP contribution in [0.3, 0.4) is 0 Å². The molecule has 0 aliphatic carbocycles. The number of anilines is 1. The van der Waals surface area contributed by atoms with Crippen LogP contribution in [0.2, 0.25) is 0 Å². The van der Waals surface area contributed by atoms with Gasteiger partial charge in [-0.1, -0.05) is 19.9 Å². The van der Waals surface area contributed by atoms with E-state index in [1.807, 2.05) is 19.1 Å². The Morgan fingerprint density at radius 3 is 2.62 bits per heavy atom. The van der Waals surface area contributed by atoms with E-state index in [4.69, 9.17) is 10.7 Å². The molecule has 1 aromatic carbocycles. The van der Waals surface area contributed by atoms with Crippen molar-refractivity contribution in [3.8, 4) is 0 Å². The van der Waals surface area contributed by atoms with E-state index in [-0.39, 0.29) is 6.04 Å². The van der Waals surface area contributed by atoms with Gasteiger partial charge in [-0.25, -0.2) is 15.0 Å². The highest BCUT2D eigenvalue weighted by Gasteiger charge is 2.20. The fourth-order valence-electron chi connectivity index (χ4n) is 2.81. The van der Waals surface area contributed by atoms with Gasteiger partial charge in [0.1, 0.15) is 17.5 Å². The molecule has 3 rings (SSSR count). The minimum Gasteiger partial charge on any atom is -0.360 e. The summed E-state index contributed by atoms with van der Waals surface area (Å²) in [4.78, 5) is 17.0. The van der Waals surface area contributed by atoms with Gasteiger partial charge in [-0.05, 0) is 37.5 Å². The van der Waals surface area contributed by atoms with E-state index in [0.717, 1.165) is 28.4 Å². The fraction of sp³-hybridized carbons (Fsp3) is 0.389. The van der Waals surface area contributed by atoms with Gasteiger partial charge in [0, 0.05) is 12.6 Å². The van der Waals surface area contributed by atoms with Gasteiger partial charge < -0.3 is 16.0 Å². The van der Waals surface area contributed by atoms with Gasteiger partial charge in [0.05, 0.1) is 22.8 Å². The Balaban J connectivity index is 1.95. The number of nitrogens with one attached hydrogen (secondary N) is 2. The second kappa shape index (κ2) is 6.57. The molecule has 24 heavy (non-hydrogen) atoms. The molecule has 0 amide bonds. The Morgan fingerprint density at radius 1 is 1.12 bits per heavy atom. The third-order valence-electron chi connectivity index (χ3n) is 4.02. The first-order valence-corrected chi connectivity index (χ1v) is 8.23. The average Bonchev–Trinajstić information content (AvgIpc) is 2.94. The summed E-state index contributed by atoms with van der Waals surface area (Å²) in [6.07, 6.45) is 0. The zero-order valence-corrected chi connectivity index (χ0v) is 14.6. The SMILES string of the molecule is Cc1ccc2nc([C@H](Nc3cc(CN)nc(C)n3)C(C)C)[nH]c2c1. The third kappa shape index (κ3) is 3.38. The molecule has 126 valence electrons. The van der Waals surface area contributed by atoms with Crippen molar-refractivity contribution < 1.29 is 0 Å². The first-order chi connectivity index (χ1) is 11.5. The first kappa shape index (κ1) is 16.4. The van der Waals surface area contributed by atoms with E-state index in [1.165, 1.54) is 5.56 Å². The van der Waals surface area contributed by atoms with E-state index in [0.29, 0.717) is 18.3 Å². The normalized spacial score (nSPS) is 12.8. The zero-order chi connectivity index (χ0) is 17.3. The largest absolute Gasteiger partial charge is 0.360 e. The van der Waals surface area contributed by atoms with Crippen LogP contribution in [0, 0.1) is 19.8 Å². The average molecular weight is 324 g/mol. The number of nitrogens with two attached hydrogens (primary N) is 1. The topological polar surface area (TPSA) is 92.5 Å². The maximum atomic E-state index is 5.72. The summed E-state index contributed by atoms with van der Waals surface area (Å²) in [5.41, 5.74) is 9.79. The summed E-state index contributed by atoms with van der Waals surface area (Å²) in [5, 5.41) is 3.49. The molecule has 2 aromatic heterocycles. The molecule has 1 atom stereocenters. The molecule has 4 N–H and O–H groups in total. The van der Waals surface area contributed by atoms with Crippen molar-refractivity contribution in [2.24, 2.45) is 11.7 Å². The number of aromatic amines is 1. The van der Waals surface area contributed by atoms with Gasteiger partial charge in [0.2, 0.25) is 0 Å². The van der Waals surface area contributed by atoms with Crippen molar-refractivity contribution in [3.63, 3.8) is 0 Å². The number of benzene rings is 1. The Labute approximate surface area is 141 Å². The lowest BCUT2D eigenvalue weighted by Gasteiger charge is -2.21. The fourth-order valence-corrected chi connectivity index (χ4v) is 2.81. The highest BCUT2D eigenvalue weighted by Crippen LogP contribution is 2.26. The molecule has 6 heteroatoms. The molecule has 0 saturated heterocycles. The molecule has 6 nitrogen and oxygen atoms in total. The maximum absolute atomic E-state index is 5.72. The second-order valence-corrected chi connectivity index (χ2v) is 6.50. The predicted molar refractivity (Wildman–Crippen MR) is 96.7 cm³/mol. The van der Waals surface area contributed by atoms with Crippen LogP contribution in [-0.2, 0) is 6.54 Å². The summed E-state index contributed by atoms with van der Waals surface area (Å²) in [6, 6.07) is 8.16. The summed E-state index contributed by atoms with van der Waals surface area (Å²) >= 11 is 0. The Hall–Kier alpha value is -2.47. The molecule has 0 aliphatic rings. The number of rotatable bonds is 5. The van der Waals surface area contributed by atoms with Crippen LogP contribution in [-0.4, -0.2) is 19.9 Å². The van der Waals surface area contributed by atoms with E-state index >= 15 is 0 Å². The lowest BCUT2D eigenvalue weighted by atomic mass is 10.0. The summed E-state index contributed by atoms with van der Waals surface area (Å²) in [6.45, 7) is 8.67. The second-order valence-electron chi connectivity index (χ2n) is 6.50. The van der Waals surface area contributed by atoms with E-state index in [9.17, 15) is 0 Å². The molecule has 0 saturated carbocycles. The molecular weight excluding hydrogens is 300 g/mol. The van der Waals surface area contributed by atoms with Crippen molar-refractivity contribution >= 4 is 16.9 Å². The van der Waals surface area contributed by atoms with Gasteiger partial charge in [0.15, 0.2) is 0 Å². The number of hydrogen-bond acceptors (Lipinski definition) is 5. The van der Waals surface area contributed by atoms with Crippen LogP contribution in [0.1, 0.15) is 42.8 Å². The molecule has 0 radical (unpaired) electrons. The summed E-state index contributed by atoms with van der Waals surface area (Å²) in [7, 11) is 0. The van der Waals surface area contributed by atoms with Crippen molar-refractivity contribution in [3.05, 3.63) is 47.2 Å². The zero-order valence-electron chi connectivity index (χ0n) is 14.6. The van der Waals surface area contributed by atoms with E-state index in [1.54, 1.807) is 0 Å². The third-order valence-corrected chi connectivity index (χ3v) is 4.02. The lowest BCUT2D eigenvalue weighted by molar-refractivity contribution is 0.525. The predicted octanol–water partition coefficient (Wildman–Crippen LogP) is 3.24. The highest BCUT2D eigenvalue weighted by molar-refractivity contribution is 5.76. The van der Waals surface area contributed by atoms with Crippen LogP contribution < -0.4 is 11.1 Å². The number of fused-ring (bicyclic) bond motifs is 1. The van der Waals surface area contributed by atoms with Crippen LogP contribution in [0.25, 0.3) is 11.0 Å². The van der Waals surface area contributed by atoms with E-state index in [2.05, 4.69) is 53.2 Å². The van der Waals surface area contributed by atoms with E-state index < -0.39 is 0 Å². The minimum absolute atomic E-state index is 0.0256. The first-order valence-electron chi connectivity index (χ1n) is 8.23. The molecule has 0 aliphatic heterocycles. The molecule has 3 aromatic rings. The molecule has 0 unspecified atom stereocenters. The number of aromatic nitrogens is 4. The van der Waals surface area contributed by atoms with Crippen molar-refractivity contribution in [2.45, 2.75) is 40.3 Å². The van der Waals surface area contributed by atoms with Crippen molar-refractivity contribution in [2.75, 3.05) is 5.32 Å². The van der Waals surface area contributed by atoms with Gasteiger partial charge in [0.25, 0.3) is 0 Å². The Kier molecular flexibility index (Phi) is 4.49. The lowest BCUT2D eigenvalue weighted by Crippen LogP contribution is -2.19. The molecule has 0 bridgehead atoms. The van der Waals surface area contributed by atoms with Crippen LogP contribution in [0.4, 0.5) is 5.82 Å². The molecular formula is C18H24N6. The standard InChI is InChI=1S/C18H24N6/c1-10(2)17(24-16-8-13(9-19)20-12(4)21-16)18-22-14-6-5-11(3)7-15(14)23-18/h5-8,10,17H,9,19H2,1-4H3,(H,22,23)(H,20,21,24)/t17-/m1/s1. The number of aryl methyl sites for hydroxylation is 2. The van der Waals surface area contributed by atoms with Crippen LogP contribution in [0.5, 0.6) is 0 Å². The molecule has 0 spiro atoms. The van der Waals surface area contributed by atoms with Gasteiger partial charge in [-0.15, -0.1) is 0 Å². The van der Waals surface area contributed by atoms with Gasteiger partial charge >= 0.3 is 0 Å². The highest BCUT2D eigenvalue weighted by atomic mass is 15.1. The maximum Gasteiger partial charge on any atom is 0.130 e. The van der Waals surface area contributed by atoms with Crippen molar-refractivity contribution in [1.29, 1.82) is 0 Å².